The SMILES string of the molecule is CCCNC(CC(=O)O)Cc1c(C)cc(OC)cc1C. The molecule has 112 valence electrons. The molecule has 0 radical (unpaired) electrons. The lowest BCUT2D eigenvalue weighted by Crippen LogP contribution is -2.34. The van der Waals surface area contributed by atoms with E-state index in [2.05, 4.69) is 12.2 Å². The maximum absolute atomic E-state index is 11.0. The molecule has 0 amide bonds. The first-order valence-electron chi connectivity index (χ1n) is 7.07. The molecule has 0 aliphatic rings. The van der Waals surface area contributed by atoms with Crippen LogP contribution in [0.3, 0.4) is 0 Å². The van der Waals surface area contributed by atoms with Crippen molar-refractivity contribution in [2.45, 2.75) is 46.1 Å². The molecule has 0 bridgehead atoms. The zero-order valence-corrected chi connectivity index (χ0v) is 12.8. The Morgan fingerprint density at radius 2 is 1.95 bits per heavy atom. The summed E-state index contributed by atoms with van der Waals surface area (Å²) in [5.74, 6) is 0.0856. The van der Waals surface area contributed by atoms with Gasteiger partial charge in [0.15, 0.2) is 0 Å². The predicted octanol–water partition coefficient (Wildman–Crippen LogP) is 2.70. The van der Waals surface area contributed by atoms with E-state index >= 15 is 0 Å². The summed E-state index contributed by atoms with van der Waals surface area (Å²) in [5, 5.41) is 12.3. The summed E-state index contributed by atoms with van der Waals surface area (Å²) >= 11 is 0. The molecule has 0 saturated heterocycles. The second-order valence-corrected chi connectivity index (χ2v) is 5.19. The minimum atomic E-state index is -0.762. The number of nitrogens with one attached hydrogen (secondary N) is 1. The van der Waals surface area contributed by atoms with E-state index in [1.807, 2.05) is 26.0 Å². The molecule has 0 aliphatic heterocycles. The molecule has 20 heavy (non-hydrogen) atoms. The number of carboxylic acids is 1. The molecule has 0 spiro atoms. The third-order valence-electron chi connectivity index (χ3n) is 3.46. The Kier molecular flexibility index (Phi) is 6.52. The van der Waals surface area contributed by atoms with Gasteiger partial charge in [-0.15, -0.1) is 0 Å². The maximum Gasteiger partial charge on any atom is 0.304 e. The summed E-state index contributed by atoms with van der Waals surface area (Å²) in [4.78, 5) is 11.0. The number of ether oxygens (including phenoxy) is 1. The Hall–Kier alpha value is -1.55. The third-order valence-corrected chi connectivity index (χ3v) is 3.46. The minimum absolute atomic E-state index is 0.0294. The first-order chi connectivity index (χ1) is 9.47. The highest BCUT2D eigenvalue weighted by molar-refractivity contribution is 5.67. The topological polar surface area (TPSA) is 58.6 Å². The van der Waals surface area contributed by atoms with Crippen LogP contribution >= 0.6 is 0 Å². The quantitative estimate of drug-likeness (QED) is 0.768. The lowest BCUT2D eigenvalue weighted by Gasteiger charge is -2.20. The summed E-state index contributed by atoms with van der Waals surface area (Å²) < 4.78 is 5.26. The van der Waals surface area contributed by atoms with Crippen LogP contribution in [0, 0.1) is 13.8 Å². The van der Waals surface area contributed by atoms with Crippen LogP contribution in [0.25, 0.3) is 0 Å². The molecule has 4 heteroatoms. The largest absolute Gasteiger partial charge is 0.497 e. The van der Waals surface area contributed by atoms with Crippen LogP contribution < -0.4 is 10.1 Å². The Morgan fingerprint density at radius 3 is 2.40 bits per heavy atom. The minimum Gasteiger partial charge on any atom is -0.497 e. The van der Waals surface area contributed by atoms with Crippen molar-refractivity contribution in [2.24, 2.45) is 0 Å². The number of rotatable bonds is 8. The second-order valence-electron chi connectivity index (χ2n) is 5.19. The summed E-state index contributed by atoms with van der Waals surface area (Å²) in [7, 11) is 1.66. The van der Waals surface area contributed by atoms with Crippen LogP contribution in [-0.2, 0) is 11.2 Å². The highest BCUT2D eigenvalue weighted by Crippen LogP contribution is 2.23. The molecular formula is C16H25NO3. The van der Waals surface area contributed by atoms with Crippen molar-refractivity contribution in [2.75, 3.05) is 13.7 Å². The summed E-state index contributed by atoms with van der Waals surface area (Å²) in [6.07, 6.45) is 1.87. The standard InChI is InChI=1S/C16H25NO3/c1-5-6-17-13(10-16(18)19)9-15-11(2)7-14(20-4)8-12(15)3/h7-8,13,17H,5-6,9-10H2,1-4H3,(H,18,19). The Labute approximate surface area is 121 Å². The number of aryl methyl sites for hydroxylation is 2. The molecule has 4 nitrogen and oxygen atoms in total. The highest BCUT2D eigenvalue weighted by Gasteiger charge is 2.16. The van der Waals surface area contributed by atoms with Crippen molar-refractivity contribution in [3.8, 4) is 5.75 Å². The Morgan fingerprint density at radius 1 is 1.35 bits per heavy atom. The van der Waals surface area contributed by atoms with Crippen LogP contribution in [0.1, 0.15) is 36.5 Å². The number of carbonyl (C=O) groups is 1. The van der Waals surface area contributed by atoms with Gasteiger partial charge in [-0.25, -0.2) is 0 Å². The van der Waals surface area contributed by atoms with E-state index in [9.17, 15) is 4.79 Å². The number of hydrogen-bond acceptors (Lipinski definition) is 3. The van der Waals surface area contributed by atoms with Crippen LogP contribution in [-0.4, -0.2) is 30.8 Å². The first-order valence-corrected chi connectivity index (χ1v) is 7.07. The van der Waals surface area contributed by atoms with Gasteiger partial charge in [0, 0.05) is 6.04 Å². The fourth-order valence-electron chi connectivity index (χ4n) is 2.42. The van der Waals surface area contributed by atoms with E-state index in [0.717, 1.165) is 36.3 Å². The molecule has 0 aliphatic carbocycles. The zero-order chi connectivity index (χ0) is 15.1. The van der Waals surface area contributed by atoms with Gasteiger partial charge in [-0.2, -0.15) is 0 Å². The van der Waals surface area contributed by atoms with E-state index in [1.165, 1.54) is 5.56 Å². The van der Waals surface area contributed by atoms with Gasteiger partial charge in [0.2, 0.25) is 0 Å². The monoisotopic (exact) mass is 279 g/mol. The smallest absolute Gasteiger partial charge is 0.304 e. The Bertz CT molecular complexity index is 434. The van der Waals surface area contributed by atoms with Gasteiger partial charge in [0.05, 0.1) is 13.5 Å². The van der Waals surface area contributed by atoms with Crippen LogP contribution in [0.15, 0.2) is 12.1 Å². The van der Waals surface area contributed by atoms with E-state index < -0.39 is 5.97 Å². The fraction of sp³-hybridized carbons (Fsp3) is 0.562. The normalized spacial score (nSPS) is 12.2. The van der Waals surface area contributed by atoms with Crippen molar-refractivity contribution in [1.29, 1.82) is 0 Å². The van der Waals surface area contributed by atoms with Crippen molar-refractivity contribution in [3.05, 3.63) is 28.8 Å². The molecule has 1 atom stereocenters. The summed E-state index contributed by atoms with van der Waals surface area (Å²) in [6, 6.07) is 3.97. The predicted molar refractivity (Wildman–Crippen MR) is 80.5 cm³/mol. The number of aliphatic carboxylic acids is 1. The van der Waals surface area contributed by atoms with Gasteiger partial charge in [-0.05, 0) is 62.1 Å². The number of hydrogen-bond donors (Lipinski definition) is 2. The molecule has 0 aromatic heterocycles. The zero-order valence-electron chi connectivity index (χ0n) is 12.8. The van der Waals surface area contributed by atoms with Crippen molar-refractivity contribution < 1.29 is 14.6 Å². The molecule has 1 aromatic carbocycles. The molecule has 1 rings (SSSR count). The lowest BCUT2D eigenvalue weighted by atomic mass is 9.94. The van der Waals surface area contributed by atoms with E-state index in [-0.39, 0.29) is 12.5 Å². The molecular weight excluding hydrogens is 254 g/mol. The molecule has 1 unspecified atom stereocenters. The number of benzene rings is 1. The van der Waals surface area contributed by atoms with E-state index in [0.29, 0.717) is 0 Å². The molecule has 1 aromatic rings. The van der Waals surface area contributed by atoms with E-state index in [1.54, 1.807) is 7.11 Å². The molecule has 0 saturated carbocycles. The van der Waals surface area contributed by atoms with E-state index in [4.69, 9.17) is 9.84 Å². The van der Waals surface area contributed by atoms with Crippen molar-refractivity contribution in [3.63, 3.8) is 0 Å². The van der Waals surface area contributed by atoms with Crippen molar-refractivity contribution in [1.82, 2.24) is 5.32 Å². The summed E-state index contributed by atoms with van der Waals surface area (Å²) in [5.41, 5.74) is 3.51. The first kappa shape index (κ1) is 16.5. The van der Waals surface area contributed by atoms with Gasteiger partial charge in [-0.1, -0.05) is 6.92 Å². The van der Waals surface area contributed by atoms with Gasteiger partial charge in [-0.3, -0.25) is 4.79 Å². The Balaban J connectivity index is 2.89. The average Bonchev–Trinajstić information content (AvgIpc) is 2.38. The van der Waals surface area contributed by atoms with Gasteiger partial charge in [0.1, 0.15) is 5.75 Å². The molecule has 0 fully saturated rings. The molecule has 0 heterocycles. The average molecular weight is 279 g/mol. The highest BCUT2D eigenvalue weighted by atomic mass is 16.5. The second kappa shape index (κ2) is 7.90. The molecule has 2 N–H and O–H groups in total. The van der Waals surface area contributed by atoms with Crippen LogP contribution in [0.5, 0.6) is 5.75 Å². The van der Waals surface area contributed by atoms with Crippen LogP contribution in [0.2, 0.25) is 0 Å². The number of carboxylic acid groups (broad SMARTS) is 1. The third kappa shape index (κ3) is 4.85. The fourth-order valence-corrected chi connectivity index (χ4v) is 2.42. The number of methoxy groups -OCH3 is 1. The van der Waals surface area contributed by atoms with Gasteiger partial charge < -0.3 is 15.2 Å². The van der Waals surface area contributed by atoms with Crippen molar-refractivity contribution >= 4 is 5.97 Å². The van der Waals surface area contributed by atoms with Gasteiger partial charge >= 0.3 is 5.97 Å². The maximum atomic E-state index is 11.0. The lowest BCUT2D eigenvalue weighted by molar-refractivity contribution is -0.137. The summed E-state index contributed by atoms with van der Waals surface area (Å²) in [6.45, 7) is 7.01. The van der Waals surface area contributed by atoms with Crippen LogP contribution in [0.4, 0.5) is 0 Å². The van der Waals surface area contributed by atoms with Gasteiger partial charge in [0.25, 0.3) is 0 Å².